The molecule has 2 nitrogen and oxygen atoms in total. The molecule has 3 heteroatoms. The summed E-state index contributed by atoms with van der Waals surface area (Å²) in [6, 6.07) is 0. The number of hydrogen-bond donors (Lipinski definition) is 0. The number of aldehydes is 1. The third kappa shape index (κ3) is 10.8. The van der Waals surface area contributed by atoms with Gasteiger partial charge in [0.2, 0.25) is 0 Å². The molecule has 0 saturated heterocycles. The van der Waals surface area contributed by atoms with Crippen LogP contribution in [0.2, 0.25) is 0 Å². The van der Waals surface area contributed by atoms with Crippen LogP contribution in [0.25, 0.3) is 0 Å². The van der Waals surface area contributed by atoms with Crippen molar-refractivity contribution in [3.63, 3.8) is 0 Å². The third-order valence-corrected chi connectivity index (χ3v) is 0.440. The van der Waals surface area contributed by atoms with Gasteiger partial charge in [-0.25, -0.2) is 0 Å². The normalized spacial score (nSPS) is 7.00. The standard InChI is InChI=1S/C4H8O2.Na.H/c1-6-4-2-3-5;;/h3H,2,4H2,1H3;;. The molecule has 0 amide bonds. The van der Waals surface area contributed by atoms with Crippen molar-refractivity contribution in [3.8, 4) is 0 Å². The monoisotopic (exact) mass is 112 g/mol. The Labute approximate surface area is 65.5 Å². The molecule has 0 bridgehead atoms. The summed E-state index contributed by atoms with van der Waals surface area (Å²) in [6.45, 7) is 0.545. The zero-order chi connectivity index (χ0) is 4.83. The Bertz CT molecular complexity index is 38.7. The van der Waals surface area contributed by atoms with Crippen molar-refractivity contribution >= 4 is 35.8 Å². The van der Waals surface area contributed by atoms with Crippen LogP contribution < -0.4 is 0 Å². The molecule has 0 aromatic carbocycles. The number of hydrogen-bond acceptors (Lipinski definition) is 2. The van der Waals surface area contributed by atoms with Crippen molar-refractivity contribution < 1.29 is 9.53 Å². The van der Waals surface area contributed by atoms with Crippen LogP contribution in [-0.4, -0.2) is 49.6 Å². The number of rotatable bonds is 3. The topological polar surface area (TPSA) is 26.3 Å². The molecule has 0 rings (SSSR count). The van der Waals surface area contributed by atoms with Gasteiger partial charge in [0.15, 0.2) is 0 Å². The van der Waals surface area contributed by atoms with Gasteiger partial charge in [-0.2, -0.15) is 0 Å². The zero-order valence-electron chi connectivity index (χ0n) is 3.81. The molecule has 0 spiro atoms. The van der Waals surface area contributed by atoms with Crippen LogP contribution in [0.5, 0.6) is 0 Å². The van der Waals surface area contributed by atoms with Crippen molar-refractivity contribution in [2.24, 2.45) is 0 Å². The van der Waals surface area contributed by atoms with Gasteiger partial charge in [0.1, 0.15) is 6.29 Å². The van der Waals surface area contributed by atoms with Crippen molar-refractivity contribution in [3.05, 3.63) is 0 Å². The van der Waals surface area contributed by atoms with E-state index in [1.807, 2.05) is 0 Å². The van der Waals surface area contributed by atoms with E-state index in [1.54, 1.807) is 7.11 Å². The van der Waals surface area contributed by atoms with Gasteiger partial charge in [0.25, 0.3) is 0 Å². The van der Waals surface area contributed by atoms with Gasteiger partial charge in [-0.3, -0.25) is 0 Å². The molecule has 38 valence electrons. The van der Waals surface area contributed by atoms with Crippen LogP contribution in [0.1, 0.15) is 6.42 Å². The van der Waals surface area contributed by atoms with E-state index in [1.165, 1.54) is 0 Å². The van der Waals surface area contributed by atoms with Gasteiger partial charge in [-0.15, -0.1) is 0 Å². The number of carbonyl (C=O) groups excluding carboxylic acids is 1. The van der Waals surface area contributed by atoms with Gasteiger partial charge in [0, 0.05) is 13.5 Å². The number of methoxy groups -OCH3 is 1. The minimum absolute atomic E-state index is 0. The van der Waals surface area contributed by atoms with Crippen molar-refractivity contribution in [1.82, 2.24) is 0 Å². The van der Waals surface area contributed by atoms with E-state index in [2.05, 4.69) is 4.74 Å². The first-order chi connectivity index (χ1) is 2.91. The van der Waals surface area contributed by atoms with Crippen LogP contribution in [0.4, 0.5) is 0 Å². The van der Waals surface area contributed by atoms with E-state index < -0.39 is 0 Å². The number of carbonyl (C=O) groups is 1. The first-order valence-electron chi connectivity index (χ1n) is 1.84. The second-order valence-electron chi connectivity index (χ2n) is 0.948. The van der Waals surface area contributed by atoms with Gasteiger partial charge in [0.05, 0.1) is 6.61 Å². The fourth-order valence-electron chi connectivity index (χ4n) is 0.166. The molecule has 0 aromatic rings. The molecule has 0 fully saturated rings. The second kappa shape index (κ2) is 9.80. The van der Waals surface area contributed by atoms with Crippen LogP contribution in [-0.2, 0) is 9.53 Å². The summed E-state index contributed by atoms with van der Waals surface area (Å²) in [5, 5.41) is 0. The average Bonchev–Trinajstić information content (AvgIpc) is 1.61. The predicted molar refractivity (Wildman–Crippen MR) is 29.7 cm³/mol. The van der Waals surface area contributed by atoms with E-state index in [0.29, 0.717) is 13.0 Å². The van der Waals surface area contributed by atoms with E-state index in [0.717, 1.165) is 6.29 Å². The molecule has 0 aliphatic carbocycles. The Morgan fingerprint density at radius 3 is 2.43 bits per heavy atom. The van der Waals surface area contributed by atoms with Crippen molar-refractivity contribution in [2.45, 2.75) is 6.42 Å². The third-order valence-electron chi connectivity index (χ3n) is 0.440. The average molecular weight is 112 g/mol. The Kier molecular flexibility index (Phi) is 14.8. The summed E-state index contributed by atoms with van der Waals surface area (Å²) < 4.78 is 4.55. The molecule has 0 unspecified atom stereocenters. The predicted octanol–water partition coefficient (Wildman–Crippen LogP) is -0.427. The van der Waals surface area contributed by atoms with E-state index in [-0.39, 0.29) is 29.6 Å². The Balaban J connectivity index is 0. The van der Waals surface area contributed by atoms with Gasteiger partial charge in [-0.1, -0.05) is 0 Å². The first-order valence-corrected chi connectivity index (χ1v) is 1.84. The van der Waals surface area contributed by atoms with Crippen LogP contribution >= 0.6 is 0 Å². The SMILES string of the molecule is COCCC=O.[NaH]. The maximum absolute atomic E-state index is 9.48. The Hall–Kier alpha value is 0.630. The van der Waals surface area contributed by atoms with E-state index >= 15 is 0 Å². The summed E-state index contributed by atoms with van der Waals surface area (Å²) in [4.78, 5) is 9.48. The maximum atomic E-state index is 9.48. The Morgan fingerprint density at radius 2 is 2.29 bits per heavy atom. The summed E-state index contributed by atoms with van der Waals surface area (Å²) in [5.74, 6) is 0. The molecule has 7 heavy (non-hydrogen) atoms. The molecule has 0 saturated carbocycles. The van der Waals surface area contributed by atoms with Gasteiger partial charge < -0.3 is 9.53 Å². The molecule has 0 aromatic heterocycles. The summed E-state index contributed by atoms with van der Waals surface area (Å²) >= 11 is 0. The van der Waals surface area contributed by atoms with Crippen molar-refractivity contribution in [1.29, 1.82) is 0 Å². The molecular weight excluding hydrogens is 103 g/mol. The molecule has 0 N–H and O–H groups in total. The molecule has 0 radical (unpaired) electrons. The number of ether oxygens (including phenoxy) is 1. The first kappa shape index (κ1) is 10.6. The zero-order valence-corrected chi connectivity index (χ0v) is 3.81. The van der Waals surface area contributed by atoms with E-state index in [4.69, 9.17) is 0 Å². The van der Waals surface area contributed by atoms with E-state index in [9.17, 15) is 4.79 Å². The quantitative estimate of drug-likeness (QED) is 0.281. The van der Waals surface area contributed by atoms with Gasteiger partial charge >= 0.3 is 29.6 Å². The van der Waals surface area contributed by atoms with Gasteiger partial charge in [-0.05, 0) is 0 Å². The van der Waals surface area contributed by atoms with Crippen molar-refractivity contribution in [2.75, 3.05) is 13.7 Å². The van der Waals surface area contributed by atoms with Crippen LogP contribution in [0, 0.1) is 0 Å². The minimum atomic E-state index is 0. The molecule has 0 aliphatic rings. The molecule has 0 aliphatic heterocycles. The summed E-state index contributed by atoms with van der Waals surface area (Å²) in [7, 11) is 1.57. The fraction of sp³-hybridized carbons (Fsp3) is 0.750. The summed E-state index contributed by atoms with van der Waals surface area (Å²) in [5.41, 5.74) is 0. The summed E-state index contributed by atoms with van der Waals surface area (Å²) in [6.07, 6.45) is 1.35. The molecular formula is C4H9NaO2. The second-order valence-corrected chi connectivity index (χ2v) is 0.948. The molecule has 0 atom stereocenters. The van der Waals surface area contributed by atoms with Crippen LogP contribution in [0.15, 0.2) is 0 Å². The fourth-order valence-corrected chi connectivity index (χ4v) is 0.166. The molecule has 0 heterocycles. The van der Waals surface area contributed by atoms with Crippen LogP contribution in [0.3, 0.4) is 0 Å². The Morgan fingerprint density at radius 1 is 1.71 bits per heavy atom.